The molecule has 0 aliphatic rings. The molecule has 0 bridgehead atoms. The van der Waals surface area contributed by atoms with Crippen LogP contribution in [0.2, 0.25) is 0 Å². The van der Waals surface area contributed by atoms with Crippen LogP contribution in [0.3, 0.4) is 0 Å². The Bertz CT molecular complexity index is 849. The monoisotopic (exact) mass is 292 g/mol. The van der Waals surface area contributed by atoms with Crippen LogP contribution >= 0.6 is 0 Å². The quantitative estimate of drug-likeness (QED) is 0.596. The SMILES string of the molecule is C/C(=N/NC(=O)c1cccnc1)c1cn(C)c2ccccc12. The van der Waals surface area contributed by atoms with E-state index in [1.807, 2.05) is 42.9 Å². The maximum Gasteiger partial charge on any atom is 0.272 e. The number of para-hydroxylation sites is 1. The molecule has 0 spiro atoms. The van der Waals surface area contributed by atoms with Gasteiger partial charge >= 0.3 is 0 Å². The molecule has 2 heterocycles. The van der Waals surface area contributed by atoms with Crippen molar-refractivity contribution in [1.82, 2.24) is 15.0 Å². The number of rotatable bonds is 3. The average molecular weight is 292 g/mol. The number of aromatic nitrogens is 2. The Morgan fingerprint density at radius 2 is 2.05 bits per heavy atom. The molecule has 3 aromatic rings. The lowest BCUT2D eigenvalue weighted by molar-refractivity contribution is 0.0954. The number of carbonyl (C=O) groups excluding carboxylic acids is 1. The third kappa shape index (κ3) is 2.61. The maximum absolute atomic E-state index is 12.0. The molecule has 1 N–H and O–H groups in total. The molecule has 5 nitrogen and oxygen atoms in total. The van der Waals surface area contributed by atoms with Crippen LogP contribution in [-0.2, 0) is 7.05 Å². The van der Waals surface area contributed by atoms with Gasteiger partial charge in [-0.2, -0.15) is 5.10 Å². The Hall–Kier alpha value is -2.95. The van der Waals surface area contributed by atoms with Crippen LogP contribution in [0.15, 0.2) is 60.1 Å². The Morgan fingerprint density at radius 1 is 1.23 bits per heavy atom. The molecule has 0 atom stereocenters. The molecule has 0 saturated heterocycles. The minimum atomic E-state index is -0.271. The fourth-order valence-electron chi connectivity index (χ4n) is 2.39. The summed E-state index contributed by atoms with van der Waals surface area (Å²) in [5.74, 6) is -0.271. The first kappa shape index (κ1) is 14.0. The Morgan fingerprint density at radius 3 is 2.82 bits per heavy atom. The molecule has 110 valence electrons. The van der Waals surface area contributed by atoms with E-state index in [1.54, 1.807) is 18.3 Å². The first-order valence-electron chi connectivity index (χ1n) is 6.96. The Labute approximate surface area is 128 Å². The molecule has 2 aromatic heterocycles. The van der Waals surface area contributed by atoms with Crippen molar-refractivity contribution < 1.29 is 4.79 Å². The van der Waals surface area contributed by atoms with Gasteiger partial charge in [-0.1, -0.05) is 18.2 Å². The molecule has 0 aliphatic heterocycles. The summed E-state index contributed by atoms with van der Waals surface area (Å²) < 4.78 is 2.05. The molecule has 22 heavy (non-hydrogen) atoms. The number of amides is 1. The minimum absolute atomic E-state index is 0.271. The fourth-order valence-corrected chi connectivity index (χ4v) is 2.39. The zero-order chi connectivity index (χ0) is 15.5. The summed E-state index contributed by atoms with van der Waals surface area (Å²) in [7, 11) is 1.99. The van der Waals surface area contributed by atoms with Gasteiger partial charge in [-0.25, -0.2) is 5.43 Å². The van der Waals surface area contributed by atoms with Crippen LogP contribution in [0.25, 0.3) is 10.9 Å². The highest BCUT2D eigenvalue weighted by Gasteiger charge is 2.09. The number of hydrogen-bond acceptors (Lipinski definition) is 3. The third-order valence-electron chi connectivity index (χ3n) is 3.54. The molecule has 0 unspecified atom stereocenters. The normalized spacial score (nSPS) is 11.6. The molecular formula is C17H16N4O. The highest BCUT2D eigenvalue weighted by molar-refractivity contribution is 6.10. The summed E-state index contributed by atoms with van der Waals surface area (Å²) in [6, 6.07) is 11.5. The zero-order valence-corrected chi connectivity index (χ0v) is 12.4. The smallest absolute Gasteiger partial charge is 0.272 e. The van der Waals surface area contributed by atoms with E-state index in [0.29, 0.717) is 5.56 Å². The van der Waals surface area contributed by atoms with Crippen molar-refractivity contribution in [2.75, 3.05) is 0 Å². The highest BCUT2D eigenvalue weighted by atomic mass is 16.2. The van der Waals surface area contributed by atoms with Gasteiger partial charge in [-0.3, -0.25) is 9.78 Å². The Kier molecular flexibility index (Phi) is 3.70. The first-order chi connectivity index (χ1) is 10.7. The first-order valence-corrected chi connectivity index (χ1v) is 6.96. The van der Waals surface area contributed by atoms with Crippen molar-refractivity contribution in [3.8, 4) is 0 Å². The summed E-state index contributed by atoms with van der Waals surface area (Å²) >= 11 is 0. The van der Waals surface area contributed by atoms with Gasteiger partial charge in [0.15, 0.2) is 0 Å². The maximum atomic E-state index is 12.0. The predicted molar refractivity (Wildman–Crippen MR) is 86.8 cm³/mol. The summed E-state index contributed by atoms with van der Waals surface area (Å²) in [5.41, 5.74) is 5.95. The molecule has 3 rings (SSSR count). The number of fused-ring (bicyclic) bond motifs is 1. The van der Waals surface area contributed by atoms with E-state index < -0.39 is 0 Å². The van der Waals surface area contributed by atoms with Crippen LogP contribution in [-0.4, -0.2) is 21.2 Å². The summed E-state index contributed by atoms with van der Waals surface area (Å²) in [6.07, 6.45) is 5.15. The minimum Gasteiger partial charge on any atom is -0.350 e. The molecular weight excluding hydrogens is 276 g/mol. The van der Waals surface area contributed by atoms with Gasteiger partial charge in [-0.05, 0) is 25.1 Å². The van der Waals surface area contributed by atoms with E-state index in [9.17, 15) is 4.79 Å². The van der Waals surface area contributed by atoms with E-state index in [0.717, 1.165) is 22.2 Å². The molecule has 1 aromatic carbocycles. The number of nitrogens with zero attached hydrogens (tertiary/aromatic N) is 3. The van der Waals surface area contributed by atoms with Crippen molar-refractivity contribution in [3.05, 3.63) is 66.1 Å². The van der Waals surface area contributed by atoms with Crippen LogP contribution in [0, 0.1) is 0 Å². The van der Waals surface area contributed by atoms with Gasteiger partial charge in [0.2, 0.25) is 0 Å². The topological polar surface area (TPSA) is 59.3 Å². The van der Waals surface area contributed by atoms with E-state index in [-0.39, 0.29) is 5.91 Å². The molecule has 1 amide bonds. The van der Waals surface area contributed by atoms with Crippen LogP contribution in [0.5, 0.6) is 0 Å². The number of pyridine rings is 1. The number of aryl methyl sites for hydroxylation is 1. The largest absolute Gasteiger partial charge is 0.350 e. The van der Waals surface area contributed by atoms with E-state index in [2.05, 4.69) is 21.6 Å². The number of hydrazone groups is 1. The highest BCUT2D eigenvalue weighted by Crippen LogP contribution is 2.20. The third-order valence-corrected chi connectivity index (χ3v) is 3.54. The number of carbonyl (C=O) groups is 1. The fraction of sp³-hybridized carbons (Fsp3) is 0.118. The molecule has 0 radical (unpaired) electrons. The van der Waals surface area contributed by atoms with Crippen LogP contribution in [0.1, 0.15) is 22.8 Å². The number of nitrogens with one attached hydrogen (secondary N) is 1. The summed E-state index contributed by atoms with van der Waals surface area (Å²) in [4.78, 5) is 15.9. The molecule has 0 aliphatic carbocycles. The van der Waals surface area contributed by atoms with Gasteiger partial charge in [0.05, 0.1) is 11.3 Å². The van der Waals surface area contributed by atoms with Gasteiger partial charge in [0.1, 0.15) is 0 Å². The lowest BCUT2D eigenvalue weighted by atomic mass is 10.1. The summed E-state index contributed by atoms with van der Waals surface area (Å²) in [6.45, 7) is 1.88. The van der Waals surface area contributed by atoms with Crippen molar-refractivity contribution in [2.45, 2.75) is 6.92 Å². The lowest BCUT2D eigenvalue weighted by Crippen LogP contribution is -2.19. The summed E-state index contributed by atoms with van der Waals surface area (Å²) in [5, 5.41) is 5.32. The second-order valence-corrected chi connectivity index (χ2v) is 5.05. The van der Waals surface area contributed by atoms with Crippen molar-refractivity contribution >= 4 is 22.5 Å². The van der Waals surface area contributed by atoms with Crippen molar-refractivity contribution in [1.29, 1.82) is 0 Å². The van der Waals surface area contributed by atoms with Crippen LogP contribution < -0.4 is 5.43 Å². The van der Waals surface area contributed by atoms with E-state index >= 15 is 0 Å². The number of benzene rings is 1. The van der Waals surface area contributed by atoms with Crippen molar-refractivity contribution in [2.24, 2.45) is 12.1 Å². The standard InChI is InChI=1S/C17H16N4O/c1-12(19-20-17(22)13-6-5-9-18-10-13)15-11-21(2)16-8-4-3-7-14(15)16/h3-11H,1-2H3,(H,20,22)/b19-12-. The van der Waals surface area contributed by atoms with E-state index in [1.165, 1.54) is 6.20 Å². The van der Waals surface area contributed by atoms with Gasteiger partial charge in [-0.15, -0.1) is 0 Å². The molecule has 0 fully saturated rings. The van der Waals surface area contributed by atoms with Crippen LogP contribution in [0.4, 0.5) is 0 Å². The van der Waals surface area contributed by atoms with Crippen molar-refractivity contribution in [3.63, 3.8) is 0 Å². The predicted octanol–water partition coefficient (Wildman–Crippen LogP) is 2.73. The van der Waals surface area contributed by atoms with Gasteiger partial charge < -0.3 is 4.57 Å². The molecule has 5 heteroatoms. The number of hydrogen-bond donors (Lipinski definition) is 1. The van der Waals surface area contributed by atoms with E-state index in [4.69, 9.17) is 0 Å². The van der Waals surface area contributed by atoms with Gasteiger partial charge in [0.25, 0.3) is 5.91 Å². The Balaban J connectivity index is 1.86. The molecule has 0 saturated carbocycles. The second kappa shape index (κ2) is 5.81. The second-order valence-electron chi connectivity index (χ2n) is 5.05. The zero-order valence-electron chi connectivity index (χ0n) is 12.4. The average Bonchev–Trinajstić information content (AvgIpc) is 2.91. The van der Waals surface area contributed by atoms with Gasteiger partial charge in [0, 0.05) is 42.1 Å². The lowest BCUT2D eigenvalue weighted by Gasteiger charge is -2.01.